The van der Waals surface area contributed by atoms with Gasteiger partial charge in [0, 0.05) is 37.4 Å². The van der Waals surface area contributed by atoms with Gasteiger partial charge in [-0.25, -0.2) is 4.57 Å². The lowest BCUT2D eigenvalue weighted by Crippen LogP contribution is -2.40. The number of azo groups is 1. The number of aliphatic hydroxyl groups is 1. The summed E-state index contributed by atoms with van der Waals surface area (Å²) in [5.74, 6) is 0.338. The summed E-state index contributed by atoms with van der Waals surface area (Å²) < 4.78 is 25.5. The molecule has 0 spiro atoms. The molecule has 2 unspecified atom stereocenters. The third-order valence-corrected chi connectivity index (χ3v) is 7.15. The number of nitrogens with zero attached hydrogens (tertiary/aromatic N) is 4. The maximum atomic E-state index is 8.98. The van der Waals surface area contributed by atoms with E-state index in [4.69, 9.17) is 24.1 Å². The number of unbranched alkanes of at least 4 members (excludes halogenated alkanes) is 2. The van der Waals surface area contributed by atoms with E-state index in [-0.39, 0.29) is 12.7 Å². The fourth-order valence-electron chi connectivity index (χ4n) is 4.01. The molecule has 0 aliphatic heterocycles. The summed E-state index contributed by atoms with van der Waals surface area (Å²) in [5.41, 5.74) is 3.02. The Morgan fingerprint density at radius 2 is 1.70 bits per heavy atom. The molecule has 40 heavy (non-hydrogen) atoms. The predicted octanol–water partition coefficient (Wildman–Crippen LogP) is 5.77. The zero-order valence-electron chi connectivity index (χ0n) is 25.2. The van der Waals surface area contributed by atoms with Crippen molar-refractivity contribution < 1.29 is 28.6 Å². The number of benzene rings is 1. The van der Waals surface area contributed by atoms with E-state index in [1.54, 1.807) is 11.3 Å². The number of hydrogen-bond acceptors (Lipinski definition) is 9. The third-order valence-electron chi connectivity index (χ3n) is 6.31. The molecule has 0 saturated heterocycles. The van der Waals surface area contributed by atoms with Crippen LogP contribution in [0.3, 0.4) is 0 Å². The molecule has 1 heterocycles. The van der Waals surface area contributed by atoms with Gasteiger partial charge in [-0.2, -0.15) is 0 Å². The highest BCUT2D eigenvalue weighted by Crippen LogP contribution is 2.28. The van der Waals surface area contributed by atoms with Gasteiger partial charge in [-0.1, -0.05) is 33.6 Å². The van der Waals surface area contributed by atoms with Crippen LogP contribution >= 0.6 is 11.3 Å². The Morgan fingerprint density at radius 1 is 0.950 bits per heavy atom. The number of ether oxygens (including phenoxy) is 4. The second-order valence-electron chi connectivity index (χ2n) is 10.2. The predicted molar refractivity (Wildman–Crippen MR) is 161 cm³/mol. The lowest BCUT2D eigenvalue weighted by molar-refractivity contribution is -0.654. The maximum Gasteiger partial charge on any atom is 0.408 e. The summed E-state index contributed by atoms with van der Waals surface area (Å²) in [6, 6.07) is 6.32. The number of hydrogen-bond donors (Lipinski definition) is 1. The molecule has 0 aliphatic carbocycles. The van der Waals surface area contributed by atoms with E-state index in [1.165, 1.54) is 0 Å². The normalized spacial score (nSPS) is 13.2. The highest BCUT2D eigenvalue weighted by atomic mass is 32.1. The van der Waals surface area contributed by atoms with Crippen molar-refractivity contribution in [3.05, 3.63) is 35.3 Å². The van der Waals surface area contributed by atoms with E-state index in [1.807, 2.05) is 29.3 Å². The van der Waals surface area contributed by atoms with Gasteiger partial charge < -0.3 is 29.0 Å². The largest absolute Gasteiger partial charge is 0.408 e. The molecule has 0 aliphatic rings. The molecule has 2 atom stereocenters. The van der Waals surface area contributed by atoms with Crippen LogP contribution in [0.2, 0.25) is 0 Å². The van der Waals surface area contributed by atoms with E-state index in [0.717, 1.165) is 67.5 Å². The van der Waals surface area contributed by atoms with Crippen molar-refractivity contribution in [2.24, 2.45) is 23.2 Å². The Labute approximate surface area is 245 Å². The standard InChI is InChI=1S/C30H51N4O5S/c1-6-8-14-37-23-25(3)21-34(22-28(24-38-15-9-7-2)39-18-17-36-16-13-35)27-10-11-29(26(4)20-27)31-32-30-33(5)12-19-40-30/h10-12,19-20,25,28,35H,6-9,13-18,21-24H2,1-5H3/q+1. The minimum atomic E-state index is -0.124. The Bertz CT molecular complexity index is 958. The molecule has 2 rings (SSSR count). The van der Waals surface area contributed by atoms with Gasteiger partial charge in [-0.3, -0.25) is 0 Å². The van der Waals surface area contributed by atoms with Gasteiger partial charge in [0.1, 0.15) is 11.9 Å². The third kappa shape index (κ3) is 13.6. The summed E-state index contributed by atoms with van der Waals surface area (Å²) >= 11 is 1.56. The molecule has 226 valence electrons. The van der Waals surface area contributed by atoms with Crippen LogP contribution in [0.1, 0.15) is 52.0 Å². The quantitative estimate of drug-likeness (QED) is 0.102. The van der Waals surface area contributed by atoms with Crippen LogP contribution in [0.4, 0.5) is 16.5 Å². The molecule has 2 aromatic rings. The number of rotatable bonds is 23. The Kier molecular flexibility index (Phi) is 17.9. The molecule has 1 aromatic heterocycles. The van der Waals surface area contributed by atoms with Gasteiger partial charge in [0.15, 0.2) is 0 Å². The number of aromatic nitrogens is 1. The topological polar surface area (TPSA) is 89.0 Å². The first kappa shape index (κ1) is 34.3. The van der Waals surface area contributed by atoms with Crippen LogP contribution in [0.15, 0.2) is 40.0 Å². The van der Waals surface area contributed by atoms with Gasteiger partial charge >= 0.3 is 5.13 Å². The van der Waals surface area contributed by atoms with E-state index < -0.39 is 0 Å². The summed E-state index contributed by atoms with van der Waals surface area (Å²) in [5, 5.41) is 20.8. The number of aryl methyl sites for hydroxylation is 2. The monoisotopic (exact) mass is 579 g/mol. The van der Waals surface area contributed by atoms with Crippen molar-refractivity contribution in [1.82, 2.24) is 0 Å². The second-order valence-corrected chi connectivity index (χ2v) is 11.0. The van der Waals surface area contributed by atoms with Crippen LogP contribution in [-0.4, -0.2) is 77.2 Å². The SMILES string of the molecule is CCCCOCC(C)CN(CC(COCCCC)OCCOCCO)c1ccc(N=Nc2scc[n+]2C)c(C)c1. The fraction of sp³-hybridized carbons (Fsp3) is 0.700. The van der Waals surface area contributed by atoms with Crippen molar-refractivity contribution in [3.8, 4) is 0 Å². The smallest absolute Gasteiger partial charge is 0.394 e. The Hall–Kier alpha value is -1.95. The van der Waals surface area contributed by atoms with Gasteiger partial charge in [0.25, 0.3) is 0 Å². The summed E-state index contributed by atoms with van der Waals surface area (Å²) in [6.45, 7) is 14.1. The molecule has 0 bridgehead atoms. The molecule has 1 aromatic carbocycles. The number of anilines is 1. The number of thiazole rings is 1. The maximum absolute atomic E-state index is 8.98. The van der Waals surface area contributed by atoms with Crippen LogP contribution < -0.4 is 9.47 Å². The Balaban J connectivity index is 2.17. The minimum absolute atomic E-state index is 0.0102. The van der Waals surface area contributed by atoms with Crippen molar-refractivity contribution in [3.63, 3.8) is 0 Å². The summed E-state index contributed by atoms with van der Waals surface area (Å²) in [7, 11) is 1.97. The molecular weight excluding hydrogens is 528 g/mol. The summed E-state index contributed by atoms with van der Waals surface area (Å²) in [6.07, 6.45) is 6.19. The molecule has 0 amide bonds. The van der Waals surface area contributed by atoms with E-state index in [2.05, 4.69) is 55.0 Å². The van der Waals surface area contributed by atoms with E-state index >= 15 is 0 Å². The first-order valence-corrected chi connectivity index (χ1v) is 15.5. The van der Waals surface area contributed by atoms with Crippen molar-refractivity contribution in [2.75, 3.05) is 70.8 Å². The van der Waals surface area contributed by atoms with Gasteiger partial charge in [-0.05, 0) is 65.9 Å². The van der Waals surface area contributed by atoms with Gasteiger partial charge in [-0.15, -0.1) is 0 Å². The Morgan fingerprint density at radius 3 is 2.35 bits per heavy atom. The van der Waals surface area contributed by atoms with Crippen LogP contribution in [0, 0.1) is 12.8 Å². The molecule has 10 heteroatoms. The average Bonchev–Trinajstić information content (AvgIpc) is 3.36. The molecule has 0 saturated carbocycles. The number of aliphatic hydroxyl groups excluding tert-OH is 1. The highest BCUT2D eigenvalue weighted by Gasteiger charge is 2.20. The lowest BCUT2D eigenvalue weighted by Gasteiger charge is -2.32. The van der Waals surface area contributed by atoms with Crippen LogP contribution in [-0.2, 0) is 26.0 Å². The molecule has 0 radical (unpaired) electrons. The van der Waals surface area contributed by atoms with Crippen molar-refractivity contribution in [2.45, 2.75) is 59.5 Å². The van der Waals surface area contributed by atoms with E-state index in [9.17, 15) is 0 Å². The zero-order chi connectivity index (χ0) is 29.0. The van der Waals surface area contributed by atoms with Crippen molar-refractivity contribution >= 4 is 27.8 Å². The van der Waals surface area contributed by atoms with Gasteiger partial charge in [0.05, 0.1) is 57.9 Å². The fourth-order valence-corrected chi connectivity index (χ4v) is 4.70. The first-order chi connectivity index (χ1) is 19.5. The molecule has 1 N–H and O–H groups in total. The lowest BCUT2D eigenvalue weighted by atomic mass is 10.1. The zero-order valence-corrected chi connectivity index (χ0v) is 26.0. The highest BCUT2D eigenvalue weighted by molar-refractivity contribution is 7.12. The summed E-state index contributed by atoms with van der Waals surface area (Å²) in [4.78, 5) is 2.36. The van der Waals surface area contributed by atoms with Gasteiger partial charge in [0.2, 0.25) is 0 Å². The minimum Gasteiger partial charge on any atom is -0.394 e. The molecule has 9 nitrogen and oxygen atoms in total. The van der Waals surface area contributed by atoms with Crippen LogP contribution in [0.5, 0.6) is 0 Å². The first-order valence-electron chi connectivity index (χ1n) is 14.6. The second kappa shape index (κ2) is 20.9. The van der Waals surface area contributed by atoms with E-state index in [0.29, 0.717) is 45.5 Å². The average molecular weight is 580 g/mol. The van der Waals surface area contributed by atoms with Crippen molar-refractivity contribution in [1.29, 1.82) is 0 Å². The van der Waals surface area contributed by atoms with Crippen LogP contribution in [0.25, 0.3) is 0 Å². The molecular formula is C30H51N4O5S+. The molecule has 0 fully saturated rings.